The van der Waals surface area contributed by atoms with E-state index in [1.807, 2.05) is 4.90 Å². The summed E-state index contributed by atoms with van der Waals surface area (Å²) in [6.07, 6.45) is 0. The minimum absolute atomic E-state index is 0.00449. The number of piperazine rings is 1. The number of benzene rings is 1. The van der Waals surface area contributed by atoms with Crippen LogP contribution in [0.25, 0.3) is 0 Å². The lowest BCUT2D eigenvalue weighted by Crippen LogP contribution is -2.55. The molecule has 0 spiro atoms. The van der Waals surface area contributed by atoms with Gasteiger partial charge in [0.1, 0.15) is 0 Å². The topological polar surface area (TPSA) is 69.7 Å². The van der Waals surface area contributed by atoms with Crippen LogP contribution in [0.5, 0.6) is 0 Å². The van der Waals surface area contributed by atoms with E-state index < -0.39 is 10.0 Å². The van der Waals surface area contributed by atoms with E-state index in [2.05, 4.69) is 30.4 Å². The van der Waals surface area contributed by atoms with Crippen LogP contribution in [0.1, 0.15) is 38.1 Å². The Kier molecular flexibility index (Phi) is 5.87. The van der Waals surface area contributed by atoms with Crippen molar-refractivity contribution in [2.45, 2.75) is 39.8 Å². The predicted molar refractivity (Wildman–Crippen MR) is 96.7 cm³/mol. The van der Waals surface area contributed by atoms with Gasteiger partial charge in [0.05, 0.1) is 5.75 Å². The van der Waals surface area contributed by atoms with E-state index in [1.54, 1.807) is 31.2 Å². The van der Waals surface area contributed by atoms with Crippen molar-refractivity contribution in [2.75, 3.05) is 30.1 Å². The van der Waals surface area contributed by atoms with Gasteiger partial charge in [-0.25, -0.2) is 8.42 Å². The molecule has 1 aliphatic rings. The molecule has 0 saturated carbocycles. The first kappa shape index (κ1) is 18.7. The number of rotatable bonds is 5. The van der Waals surface area contributed by atoms with Crippen molar-refractivity contribution in [3.05, 3.63) is 29.8 Å². The molecule has 1 saturated heterocycles. The maximum absolute atomic E-state index is 12.6. The molecule has 0 unspecified atom stereocenters. The SMILES string of the molecule is CCS(=O)(=O)Nc1ccc(C(=O)N2CCN(C(C)C)[C@H](C)C2)cc1. The Morgan fingerprint density at radius 3 is 2.38 bits per heavy atom. The Balaban J connectivity index is 2.03. The van der Waals surface area contributed by atoms with Crippen molar-refractivity contribution in [1.82, 2.24) is 9.80 Å². The van der Waals surface area contributed by atoms with Gasteiger partial charge in [-0.05, 0) is 52.0 Å². The molecule has 0 bridgehead atoms. The smallest absolute Gasteiger partial charge is 0.253 e. The van der Waals surface area contributed by atoms with Crippen molar-refractivity contribution in [3.63, 3.8) is 0 Å². The predicted octanol–water partition coefficient (Wildman–Crippen LogP) is 2.00. The van der Waals surface area contributed by atoms with E-state index in [9.17, 15) is 13.2 Å². The molecule has 1 amide bonds. The Morgan fingerprint density at radius 2 is 1.88 bits per heavy atom. The highest BCUT2D eigenvalue weighted by atomic mass is 32.2. The highest BCUT2D eigenvalue weighted by molar-refractivity contribution is 7.92. The van der Waals surface area contributed by atoms with Gasteiger partial charge < -0.3 is 4.90 Å². The molecule has 1 aliphatic heterocycles. The van der Waals surface area contributed by atoms with Gasteiger partial charge in [0.25, 0.3) is 5.91 Å². The summed E-state index contributed by atoms with van der Waals surface area (Å²) in [5.41, 5.74) is 1.06. The molecule has 0 radical (unpaired) electrons. The average molecular weight is 353 g/mol. The highest BCUT2D eigenvalue weighted by Gasteiger charge is 2.28. The molecule has 1 atom stereocenters. The highest BCUT2D eigenvalue weighted by Crippen LogP contribution is 2.17. The molecular formula is C17H27N3O3S. The molecule has 7 heteroatoms. The molecule has 1 heterocycles. The fourth-order valence-electron chi connectivity index (χ4n) is 3.04. The van der Waals surface area contributed by atoms with Crippen molar-refractivity contribution < 1.29 is 13.2 Å². The van der Waals surface area contributed by atoms with E-state index in [4.69, 9.17) is 0 Å². The van der Waals surface area contributed by atoms with E-state index >= 15 is 0 Å². The summed E-state index contributed by atoms with van der Waals surface area (Å²) in [7, 11) is -3.30. The summed E-state index contributed by atoms with van der Waals surface area (Å²) in [5, 5.41) is 0. The van der Waals surface area contributed by atoms with Crippen LogP contribution < -0.4 is 4.72 Å². The van der Waals surface area contributed by atoms with Crippen LogP contribution in [-0.4, -0.2) is 61.6 Å². The van der Waals surface area contributed by atoms with Crippen LogP contribution in [0.4, 0.5) is 5.69 Å². The zero-order valence-electron chi connectivity index (χ0n) is 14.8. The number of nitrogens with one attached hydrogen (secondary N) is 1. The first-order valence-corrected chi connectivity index (χ1v) is 10.0. The summed E-state index contributed by atoms with van der Waals surface area (Å²) < 4.78 is 25.6. The Morgan fingerprint density at radius 1 is 1.25 bits per heavy atom. The largest absolute Gasteiger partial charge is 0.336 e. The number of hydrogen-bond acceptors (Lipinski definition) is 4. The molecule has 24 heavy (non-hydrogen) atoms. The number of carbonyl (C=O) groups excluding carboxylic acids is 1. The fourth-order valence-corrected chi connectivity index (χ4v) is 3.68. The standard InChI is InChI=1S/C17H27N3O3S/c1-5-24(22,23)18-16-8-6-15(7-9-16)17(21)19-10-11-20(13(2)3)14(4)12-19/h6-9,13-14,18H,5,10-12H2,1-4H3/t14-/m1/s1. The van der Waals surface area contributed by atoms with Crippen molar-refractivity contribution in [2.24, 2.45) is 0 Å². The van der Waals surface area contributed by atoms with Crippen molar-refractivity contribution >= 4 is 21.6 Å². The summed E-state index contributed by atoms with van der Waals surface area (Å²) in [4.78, 5) is 16.9. The summed E-state index contributed by atoms with van der Waals surface area (Å²) >= 11 is 0. The molecule has 0 aromatic heterocycles. The summed E-state index contributed by atoms with van der Waals surface area (Å²) in [6, 6.07) is 7.43. The molecule has 1 N–H and O–H groups in total. The number of amides is 1. The Labute approximate surface area is 144 Å². The second kappa shape index (κ2) is 7.53. The molecule has 0 aliphatic carbocycles. The van der Waals surface area contributed by atoms with Gasteiger partial charge in [-0.3, -0.25) is 14.4 Å². The van der Waals surface area contributed by atoms with Crippen LogP contribution in [0.2, 0.25) is 0 Å². The minimum Gasteiger partial charge on any atom is -0.336 e. The van der Waals surface area contributed by atoms with E-state index in [0.29, 0.717) is 36.4 Å². The van der Waals surface area contributed by atoms with Gasteiger partial charge in [0.15, 0.2) is 0 Å². The number of sulfonamides is 1. The molecular weight excluding hydrogens is 326 g/mol. The number of hydrogen-bond donors (Lipinski definition) is 1. The van der Waals surface area contributed by atoms with Gasteiger partial charge in [0.2, 0.25) is 10.0 Å². The first-order chi connectivity index (χ1) is 11.2. The molecule has 1 aromatic rings. The minimum atomic E-state index is -3.30. The van der Waals surface area contributed by atoms with Crippen LogP contribution >= 0.6 is 0 Å². The third-order valence-electron chi connectivity index (χ3n) is 4.41. The molecule has 6 nitrogen and oxygen atoms in total. The van der Waals surface area contributed by atoms with Gasteiger partial charge in [-0.15, -0.1) is 0 Å². The van der Waals surface area contributed by atoms with Crippen LogP contribution in [-0.2, 0) is 10.0 Å². The zero-order valence-corrected chi connectivity index (χ0v) is 15.6. The average Bonchev–Trinajstić information content (AvgIpc) is 2.54. The molecule has 2 rings (SSSR count). The van der Waals surface area contributed by atoms with Gasteiger partial charge in [-0.1, -0.05) is 0 Å². The van der Waals surface area contributed by atoms with E-state index in [1.165, 1.54) is 0 Å². The van der Waals surface area contributed by atoms with E-state index in [-0.39, 0.29) is 11.7 Å². The van der Waals surface area contributed by atoms with Crippen LogP contribution in [0.3, 0.4) is 0 Å². The fraction of sp³-hybridized carbons (Fsp3) is 0.588. The molecule has 1 fully saturated rings. The molecule has 134 valence electrons. The zero-order chi connectivity index (χ0) is 17.9. The lowest BCUT2D eigenvalue weighted by molar-refractivity contribution is 0.0426. The van der Waals surface area contributed by atoms with Crippen LogP contribution in [0.15, 0.2) is 24.3 Å². The van der Waals surface area contributed by atoms with Crippen molar-refractivity contribution in [1.29, 1.82) is 0 Å². The Hall–Kier alpha value is -1.60. The quantitative estimate of drug-likeness (QED) is 0.879. The van der Waals surface area contributed by atoms with Gasteiger partial charge in [0, 0.05) is 43.0 Å². The maximum atomic E-state index is 12.6. The third-order valence-corrected chi connectivity index (χ3v) is 5.72. The van der Waals surface area contributed by atoms with Gasteiger partial charge in [-0.2, -0.15) is 0 Å². The summed E-state index contributed by atoms with van der Waals surface area (Å²) in [5.74, 6) is 0.0151. The maximum Gasteiger partial charge on any atom is 0.253 e. The first-order valence-electron chi connectivity index (χ1n) is 8.39. The summed E-state index contributed by atoms with van der Waals surface area (Å²) in [6.45, 7) is 10.4. The number of nitrogens with zero attached hydrogens (tertiary/aromatic N) is 2. The second-order valence-corrected chi connectivity index (χ2v) is 8.53. The lowest BCUT2D eigenvalue weighted by Gasteiger charge is -2.42. The van der Waals surface area contributed by atoms with Crippen LogP contribution in [0, 0.1) is 0 Å². The van der Waals surface area contributed by atoms with E-state index in [0.717, 1.165) is 6.54 Å². The number of anilines is 1. The third kappa shape index (κ3) is 4.48. The lowest BCUT2D eigenvalue weighted by atomic mass is 10.1. The van der Waals surface area contributed by atoms with Gasteiger partial charge >= 0.3 is 0 Å². The normalized spacial score (nSPS) is 19.5. The van der Waals surface area contributed by atoms with Crippen molar-refractivity contribution in [3.8, 4) is 0 Å². The molecule has 1 aromatic carbocycles. The second-order valence-electron chi connectivity index (χ2n) is 6.51. The Bertz CT molecular complexity index is 671. The number of carbonyl (C=O) groups is 1. The monoisotopic (exact) mass is 353 g/mol.